The zero-order valence-electron chi connectivity index (χ0n) is 10.7. The first kappa shape index (κ1) is 11.2. The Hall–Kier alpha value is -0.860. The largest absolute Gasteiger partial charge is 0.366 e. The summed E-state index contributed by atoms with van der Waals surface area (Å²) in [5.41, 5.74) is 2.82. The van der Waals surface area contributed by atoms with Crippen LogP contribution < -0.4 is 5.32 Å². The van der Waals surface area contributed by atoms with Gasteiger partial charge in [-0.3, -0.25) is 0 Å². The third-order valence-corrected chi connectivity index (χ3v) is 3.89. The summed E-state index contributed by atoms with van der Waals surface area (Å²) >= 11 is 0. The molecule has 1 aromatic carbocycles. The first-order valence-electron chi connectivity index (χ1n) is 6.65. The summed E-state index contributed by atoms with van der Waals surface area (Å²) in [7, 11) is 0. The van der Waals surface area contributed by atoms with Crippen molar-refractivity contribution in [3.05, 3.63) is 35.4 Å². The molecule has 2 heteroatoms. The molecule has 0 amide bonds. The van der Waals surface area contributed by atoms with E-state index in [2.05, 4.69) is 43.4 Å². The average Bonchev–Trinajstić information content (AvgIpc) is 2.80. The van der Waals surface area contributed by atoms with Crippen LogP contribution in [0, 0.1) is 0 Å². The van der Waals surface area contributed by atoms with E-state index in [1.807, 2.05) is 0 Å². The molecular formula is C15H21NO. The van der Waals surface area contributed by atoms with Crippen LogP contribution in [0.1, 0.15) is 43.9 Å². The number of ether oxygens (including phenoxy) is 1. The molecule has 17 heavy (non-hydrogen) atoms. The van der Waals surface area contributed by atoms with E-state index in [0.29, 0.717) is 6.04 Å². The zero-order valence-corrected chi connectivity index (χ0v) is 10.7. The van der Waals surface area contributed by atoms with Crippen molar-refractivity contribution in [3.8, 4) is 0 Å². The Morgan fingerprint density at radius 1 is 1.29 bits per heavy atom. The number of benzene rings is 1. The number of nitrogens with one attached hydrogen (secondary N) is 1. The van der Waals surface area contributed by atoms with Crippen molar-refractivity contribution in [1.29, 1.82) is 0 Å². The summed E-state index contributed by atoms with van der Waals surface area (Å²) in [6.07, 6.45) is 3.76. The standard InChI is InChI=1S/C15H21NO/c1-15(2)10-11-6-3-4-7-12(11)14(17-15)13-8-5-9-16-13/h3-4,6-7,13-14,16H,5,8-10H2,1-2H3/t13-,14?/m0/s1. The van der Waals surface area contributed by atoms with Crippen LogP contribution >= 0.6 is 0 Å². The number of hydrogen-bond acceptors (Lipinski definition) is 2. The van der Waals surface area contributed by atoms with Gasteiger partial charge in [0, 0.05) is 12.5 Å². The molecule has 2 heterocycles. The first-order chi connectivity index (χ1) is 8.16. The molecule has 2 aliphatic heterocycles. The van der Waals surface area contributed by atoms with Crippen molar-refractivity contribution in [1.82, 2.24) is 5.32 Å². The topological polar surface area (TPSA) is 21.3 Å². The molecule has 0 aliphatic carbocycles. The van der Waals surface area contributed by atoms with Gasteiger partial charge in [-0.25, -0.2) is 0 Å². The summed E-state index contributed by atoms with van der Waals surface area (Å²) in [5, 5.41) is 3.58. The summed E-state index contributed by atoms with van der Waals surface area (Å²) in [6.45, 7) is 5.53. The molecule has 2 aliphatic rings. The van der Waals surface area contributed by atoms with Gasteiger partial charge in [-0.15, -0.1) is 0 Å². The molecule has 1 N–H and O–H groups in total. The van der Waals surface area contributed by atoms with E-state index in [1.165, 1.54) is 24.0 Å². The van der Waals surface area contributed by atoms with Crippen LogP contribution in [0.5, 0.6) is 0 Å². The number of rotatable bonds is 1. The van der Waals surface area contributed by atoms with Gasteiger partial charge in [-0.2, -0.15) is 0 Å². The SMILES string of the molecule is CC1(C)Cc2ccccc2C([C@@H]2CCCN2)O1. The fraction of sp³-hybridized carbons (Fsp3) is 0.600. The average molecular weight is 231 g/mol. The molecular weight excluding hydrogens is 210 g/mol. The minimum Gasteiger partial charge on any atom is -0.366 e. The Balaban J connectivity index is 1.97. The predicted octanol–water partition coefficient (Wildman–Crippen LogP) is 2.83. The molecule has 92 valence electrons. The van der Waals surface area contributed by atoms with E-state index in [4.69, 9.17) is 4.74 Å². The van der Waals surface area contributed by atoms with Gasteiger partial charge in [0.25, 0.3) is 0 Å². The molecule has 1 aromatic rings. The van der Waals surface area contributed by atoms with Crippen LogP contribution in [0.4, 0.5) is 0 Å². The second-order valence-electron chi connectivity index (χ2n) is 5.88. The van der Waals surface area contributed by atoms with Gasteiger partial charge in [0.2, 0.25) is 0 Å². The summed E-state index contributed by atoms with van der Waals surface area (Å²) < 4.78 is 6.32. The normalized spacial score (nSPS) is 31.2. The van der Waals surface area contributed by atoms with Gasteiger partial charge in [-0.05, 0) is 44.4 Å². The summed E-state index contributed by atoms with van der Waals surface area (Å²) in [6, 6.07) is 9.24. The van der Waals surface area contributed by atoms with Gasteiger partial charge < -0.3 is 10.1 Å². The molecule has 1 unspecified atom stereocenters. The number of hydrogen-bond donors (Lipinski definition) is 1. The highest BCUT2D eigenvalue weighted by molar-refractivity contribution is 5.33. The van der Waals surface area contributed by atoms with Gasteiger partial charge >= 0.3 is 0 Å². The van der Waals surface area contributed by atoms with E-state index in [1.54, 1.807) is 0 Å². The predicted molar refractivity (Wildman–Crippen MR) is 69.1 cm³/mol. The zero-order chi connectivity index (χ0) is 11.9. The molecule has 0 saturated carbocycles. The fourth-order valence-corrected chi connectivity index (χ4v) is 3.15. The van der Waals surface area contributed by atoms with Crippen LogP contribution in [0.2, 0.25) is 0 Å². The van der Waals surface area contributed by atoms with Crippen LogP contribution in [0.3, 0.4) is 0 Å². The highest BCUT2D eigenvalue weighted by atomic mass is 16.5. The maximum Gasteiger partial charge on any atom is 0.0987 e. The highest BCUT2D eigenvalue weighted by Crippen LogP contribution is 2.39. The Bertz CT molecular complexity index is 407. The van der Waals surface area contributed by atoms with Crippen molar-refractivity contribution in [2.75, 3.05) is 6.54 Å². The lowest BCUT2D eigenvalue weighted by Crippen LogP contribution is -2.41. The summed E-state index contributed by atoms with van der Waals surface area (Å²) in [4.78, 5) is 0. The lowest BCUT2D eigenvalue weighted by Gasteiger charge is -2.40. The van der Waals surface area contributed by atoms with E-state index < -0.39 is 0 Å². The maximum atomic E-state index is 6.32. The molecule has 3 rings (SSSR count). The smallest absolute Gasteiger partial charge is 0.0987 e. The summed E-state index contributed by atoms with van der Waals surface area (Å²) in [5.74, 6) is 0. The van der Waals surface area contributed by atoms with Crippen molar-refractivity contribution < 1.29 is 4.74 Å². The third-order valence-electron chi connectivity index (χ3n) is 3.89. The Kier molecular flexibility index (Phi) is 2.72. The third kappa shape index (κ3) is 2.12. The van der Waals surface area contributed by atoms with E-state index >= 15 is 0 Å². The molecule has 0 radical (unpaired) electrons. The van der Waals surface area contributed by atoms with Crippen molar-refractivity contribution in [2.45, 2.75) is 50.9 Å². The monoisotopic (exact) mass is 231 g/mol. The lowest BCUT2D eigenvalue weighted by molar-refractivity contribution is -0.0969. The van der Waals surface area contributed by atoms with Crippen molar-refractivity contribution in [2.24, 2.45) is 0 Å². The molecule has 0 spiro atoms. The maximum absolute atomic E-state index is 6.32. The molecule has 1 fully saturated rings. The Labute approximate surface area is 103 Å². The van der Waals surface area contributed by atoms with Gasteiger partial charge in [0.1, 0.15) is 0 Å². The Morgan fingerprint density at radius 3 is 2.88 bits per heavy atom. The van der Waals surface area contributed by atoms with Gasteiger partial charge in [-0.1, -0.05) is 24.3 Å². The van der Waals surface area contributed by atoms with Gasteiger partial charge in [0.05, 0.1) is 11.7 Å². The van der Waals surface area contributed by atoms with Gasteiger partial charge in [0.15, 0.2) is 0 Å². The molecule has 1 saturated heterocycles. The second-order valence-corrected chi connectivity index (χ2v) is 5.88. The molecule has 2 nitrogen and oxygen atoms in total. The van der Waals surface area contributed by atoms with E-state index in [-0.39, 0.29) is 11.7 Å². The minimum atomic E-state index is -0.0384. The lowest BCUT2D eigenvalue weighted by atomic mass is 9.86. The quantitative estimate of drug-likeness (QED) is 0.802. The highest BCUT2D eigenvalue weighted by Gasteiger charge is 2.37. The Morgan fingerprint density at radius 2 is 2.12 bits per heavy atom. The molecule has 2 atom stereocenters. The molecule has 0 aromatic heterocycles. The molecule has 0 bridgehead atoms. The fourth-order valence-electron chi connectivity index (χ4n) is 3.15. The van der Waals surface area contributed by atoms with Crippen LogP contribution in [0.25, 0.3) is 0 Å². The van der Waals surface area contributed by atoms with E-state index in [0.717, 1.165) is 13.0 Å². The van der Waals surface area contributed by atoms with Crippen LogP contribution in [-0.4, -0.2) is 18.2 Å². The van der Waals surface area contributed by atoms with Crippen molar-refractivity contribution in [3.63, 3.8) is 0 Å². The minimum absolute atomic E-state index is 0.0384. The van der Waals surface area contributed by atoms with Crippen LogP contribution in [-0.2, 0) is 11.2 Å². The van der Waals surface area contributed by atoms with E-state index in [9.17, 15) is 0 Å². The second kappa shape index (κ2) is 4.11. The van der Waals surface area contributed by atoms with Crippen LogP contribution in [0.15, 0.2) is 24.3 Å². The van der Waals surface area contributed by atoms with Crippen molar-refractivity contribution >= 4 is 0 Å². The first-order valence-corrected chi connectivity index (χ1v) is 6.65. The number of fused-ring (bicyclic) bond motifs is 1.